The molecule has 2 rings (SSSR count). The molecule has 1 aromatic rings. The first-order valence-corrected chi connectivity index (χ1v) is 9.16. The van der Waals surface area contributed by atoms with Crippen molar-refractivity contribution < 1.29 is 8.42 Å². The Labute approximate surface area is 115 Å². The minimum atomic E-state index is -2.79. The van der Waals surface area contributed by atoms with Gasteiger partial charge in [-0.05, 0) is 47.3 Å². The summed E-state index contributed by atoms with van der Waals surface area (Å²) in [7, 11) is -2.79. The number of nitrogens with one attached hydrogen (secondary N) is 1. The first-order valence-electron chi connectivity index (χ1n) is 5.73. The molecule has 1 aromatic heterocycles. The largest absolute Gasteiger partial charge is 0.313 e. The van der Waals surface area contributed by atoms with E-state index >= 15 is 0 Å². The van der Waals surface area contributed by atoms with Crippen LogP contribution in [0.2, 0.25) is 0 Å². The van der Waals surface area contributed by atoms with Gasteiger partial charge in [0.05, 0.1) is 15.3 Å². The van der Waals surface area contributed by atoms with E-state index in [4.69, 9.17) is 0 Å². The minimum absolute atomic E-state index is 0.150. The quantitative estimate of drug-likeness (QED) is 0.916. The molecule has 3 nitrogen and oxygen atoms in total. The van der Waals surface area contributed by atoms with E-state index in [1.807, 2.05) is 6.07 Å². The highest BCUT2D eigenvalue weighted by Crippen LogP contribution is 2.22. The Balaban J connectivity index is 1.75. The minimum Gasteiger partial charge on any atom is -0.313 e. The van der Waals surface area contributed by atoms with Crippen molar-refractivity contribution in [3.63, 3.8) is 0 Å². The van der Waals surface area contributed by atoms with Gasteiger partial charge >= 0.3 is 0 Å². The maximum absolute atomic E-state index is 11.5. The van der Waals surface area contributed by atoms with E-state index in [0.29, 0.717) is 11.5 Å². The molecule has 17 heavy (non-hydrogen) atoms. The lowest BCUT2D eigenvalue weighted by Crippen LogP contribution is -2.40. The van der Waals surface area contributed by atoms with E-state index in [0.717, 1.165) is 29.6 Å². The van der Waals surface area contributed by atoms with Gasteiger partial charge in [-0.1, -0.05) is 0 Å². The molecule has 2 heterocycles. The van der Waals surface area contributed by atoms with Crippen LogP contribution in [0.15, 0.2) is 15.9 Å². The fraction of sp³-hybridized carbons (Fsp3) is 0.636. The number of sulfone groups is 1. The topological polar surface area (TPSA) is 46.2 Å². The molecule has 96 valence electrons. The average Bonchev–Trinajstić information content (AvgIpc) is 2.63. The summed E-state index contributed by atoms with van der Waals surface area (Å²) in [5, 5.41) is 3.35. The molecule has 1 N–H and O–H groups in total. The van der Waals surface area contributed by atoms with Crippen molar-refractivity contribution in [2.45, 2.75) is 25.3 Å². The Morgan fingerprint density at radius 2 is 2.29 bits per heavy atom. The fourth-order valence-electron chi connectivity index (χ4n) is 2.07. The predicted octanol–water partition coefficient (Wildman–Crippen LogP) is 2.22. The number of halogens is 1. The number of hydrogen-bond acceptors (Lipinski definition) is 4. The summed E-state index contributed by atoms with van der Waals surface area (Å²) in [6.07, 6.45) is 2.74. The maximum Gasteiger partial charge on any atom is 0.151 e. The molecule has 6 heteroatoms. The third kappa shape index (κ3) is 4.35. The van der Waals surface area contributed by atoms with Gasteiger partial charge in [-0.25, -0.2) is 8.42 Å². The maximum atomic E-state index is 11.5. The van der Waals surface area contributed by atoms with Crippen LogP contribution in [0, 0.1) is 0 Å². The SMILES string of the molecule is O=S1(=O)CCCC(NCCc2ccc(Br)s2)C1. The van der Waals surface area contributed by atoms with Crippen molar-refractivity contribution in [3.05, 3.63) is 20.8 Å². The zero-order chi connectivity index (χ0) is 12.3. The summed E-state index contributed by atoms with van der Waals surface area (Å²) in [6.45, 7) is 0.854. The number of thiophene rings is 1. The standard InChI is InChI=1S/C11H16BrNO2S2/c12-11-4-3-10(16-11)5-6-13-9-2-1-7-17(14,15)8-9/h3-4,9,13H,1-2,5-8H2. The number of hydrogen-bond donors (Lipinski definition) is 1. The summed E-state index contributed by atoms with van der Waals surface area (Å²) in [4.78, 5) is 1.32. The molecule has 1 saturated heterocycles. The fourth-order valence-corrected chi connectivity index (χ4v) is 5.22. The van der Waals surface area contributed by atoms with Crippen molar-refractivity contribution in [1.29, 1.82) is 0 Å². The highest BCUT2D eigenvalue weighted by atomic mass is 79.9. The zero-order valence-corrected chi connectivity index (χ0v) is 12.7. The number of rotatable bonds is 4. The van der Waals surface area contributed by atoms with Crippen LogP contribution in [0.3, 0.4) is 0 Å². The van der Waals surface area contributed by atoms with Crippen LogP contribution < -0.4 is 5.32 Å². The zero-order valence-electron chi connectivity index (χ0n) is 9.49. The third-order valence-corrected chi connectivity index (χ3v) is 6.40. The van der Waals surface area contributed by atoms with Crippen LogP contribution in [-0.4, -0.2) is 32.5 Å². The Hall–Kier alpha value is 0.0900. The van der Waals surface area contributed by atoms with Gasteiger partial charge in [0.25, 0.3) is 0 Å². The highest BCUT2D eigenvalue weighted by Gasteiger charge is 2.23. The second kappa shape index (κ2) is 5.82. The van der Waals surface area contributed by atoms with E-state index < -0.39 is 9.84 Å². The second-order valence-electron chi connectivity index (χ2n) is 4.36. The highest BCUT2D eigenvalue weighted by molar-refractivity contribution is 9.11. The smallest absolute Gasteiger partial charge is 0.151 e. The molecule has 1 aliphatic rings. The van der Waals surface area contributed by atoms with Crippen molar-refractivity contribution in [1.82, 2.24) is 5.32 Å². The van der Waals surface area contributed by atoms with Crippen molar-refractivity contribution >= 4 is 37.1 Å². The molecule has 0 amide bonds. The molecular weight excluding hydrogens is 322 g/mol. The molecule has 0 bridgehead atoms. The van der Waals surface area contributed by atoms with Crippen molar-refractivity contribution in [2.75, 3.05) is 18.1 Å². The van der Waals surface area contributed by atoms with E-state index in [9.17, 15) is 8.42 Å². The van der Waals surface area contributed by atoms with Crippen LogP contribution in [0.5, 0.6) is 0 Å². The molecule has 1 atom stereocenters. The van der Waals surface area contributed by atoms with E-state index in [1.165, 1.54) is 4.88 Å². The lowest BCUT2D eigenvalue weighted by Gasteiger charge is -2.22. The summed E-state index contributed by atoms with van der Waals surface area (Å²) in [5.41, 5.74) is 0. The summed E-state index contributed by atoms with van der Waals surface area (Å²) in [6, 6.07) is 4.30. The van der Waals surface area contributed by atoms with E-state index in [-0.39, 0.29) is 6.04 Å². The lowest BCUT2D eigenvalue weighted by molar-refractivity contribution is 0.484. The van der Waals surface area contributed by atoms with Crippen LogP contribution in [0.1, 0.15) is 17.7 Å². The van der Waals surface area contributed by atoms with Crippen LogP contribution in [-0.2, 0) is 16.3 Å². The summed E-state index contributed by atoms with van der Waals surface area (Å²) >= 11 is 5.17. The van der Waals surface area contributed by atoms with Crippen molar-refractivity contribution in [3.8, 4) is 0 Å². The predicted molar refractivity (Wildman–Crippen MR) is 75.4 cm³/mol. The van der Waals surface area contributed by atoms with Gasteiger partial charge in [-0.3, -0.25) is 0 Å². The molecule has 0 saturated carbocycles. The molecule has 1 aliphatic heterocycles. The third-order valence-electron chi connectivity index (χ3n) is 2.90. The second-order valence-corrected chi connectivity index (χ2v) is 9.14. The van der Waals surface area contributed by atoms with E-state index in [2.05, 4.69) is 27.3 Å². The molecule has 1 unspecified atom stereocenters. The van der Waals surface area contributed by atoms with Gasteiger partial charge in [0.15, 0.2) is 9.84 Å². The van der Waals surface area contributed by atoms with Gasteiger partial charge < -0.3 is 5.32 Å². The Bertz CT molecular complexity index is 470. The first kappa shape index (κ1) is 13.5. The normalized spacial score (nSPS) is 23.7. The van der Waals surface area contributed by atoms with Gasteiger partial charge in [-0.2, -0.15) is 0 Å². The molecule has 0 aliphatic carbocycles. The lowest BCUT2D eigenvalue weighted by atomic mass is 10.2. The van der Waals surface area contributed by atoms with Crippen LogP contribution in [0.4, 0.5) is 0 Å². The first-order chi connectivity index (χ1) is 8.05. The van der Waals surface area contributed by atoms with Gasteiger partial charge in [0, 0.05) is 17.5 Å². The molecule has 0 aromatic carbocycles. The molecule has 1 fully saturated rings. The monoisotopic (exact) mass is 337 g/mol. The van der Waals surface area contributed by atoms with Gasteiger partial charge in [0.1, 0.15) is 0 Å². The van der Waals surface area contributed by atoms with Gasteiger partial charge in [0.2, 0.25) is 0 Å². The molecule has 0 spiro atoms. The molecular formula is C11H16BrNO2S2. The Morgan fingerprint density at radius 1 is 1.47 bits per heavy atom. The molecule has 0 radical (unpaired) electrons. The van der Waals surface area contributed by atoms with Crippen molar-refractivity contribution in [2.24, 2.45) is 0 Å². The summed E-state index contributed by atoms with van der Waals surface area (Å²) in [5.74, 6) is 0.671. The van der Waals surface area contributed by atoms with E-state index in [1.54, 1.807) is 11.3 Å². The van der Waals surface area contributed by atoms with Crippen LogP contribution in [0.25, 0.3) is 0 Å². The average molecular weight is 338 g/mol. The van der Waals surface area contributed by atoms with Gasteiger partial charge in [-0.15, -0.1) is 11.3 Å². The summed E-state index contributed by atoms with van der Waals surface area (Å²) < 4.78 is 24.1. The Kier molecular flexibility index (Phi) is 4.63. The van der Waals surface area contributed by atoms with Crippen LogP contribution >= 0.6 is 27.3 Å². The Morgan fingerprint density at radius 3 is 2.94 bits per heavy atom.